The van der Waals surface area contributed by atoms with E-state index in [0.29, 0.717) is 12.3 Å². The maximum Gasteiger partial charge on any atom is 0.161 e. The van der Waals surface area contributed by atoms with Gasteiger partial charge in [-0.25, -0.2) is 4.21 Å². The number of hydrogen-bond acceptors (Lipinski definition) is 6. The van der Waals surface area contributed by atoms with Crippen LogP contribution in [0.2, 0.25) is 0 Å². The number of hydrogen-bond donors (Lipinski definition) is 0. The number of thioether (sulfide) groups is 1. The van der Waals surface area contributed by atoms with Crippen molar-refractivity contribution in [3.8, 4) is 0 Å². The van der Waals surface area contributed by atoms with E-state index in [0.717, 1.165) is 10.7 Å². The summed E-state index contributed by atoms with van der Waals surface area (Å²) in [6, 6.07) is 10.1. The van der Waals surface area contributed by atoms with Crippen LogP contribution in [0.5, 0.6) is 0 Å². The Hall–Kier alpha value is -1.22. The van der Waals surface area contributed by atoms with Crippen LogP contribution in [-0.2, 0) is 27.1 Å². The third-order valence-corrected chi connectivity index (χ3v) is 8.03. The van der Waals surface area contributed by atoms with Crippen molar-refractivity contribution in [1.29, 1.82) is 0 Å². The highest BCUT2D eigenvalue weighted by Gasteiger charge is 2.49. The molecule has 0 saturated carbocycles. The normalized spacial score (nSPS) is 30.6. The second-order valence-electron chi connectivity index (χ2n) is 9.05. The van der Waals surface area contributed by atoms with Gasteiger partial charge in [0.05, 0.1) is 29.2 Å². The summed E-state index contributed by atoms with van der Waals surface area (Å²) >= 11 is 1.64. The first-order valence-corrected chi connectivity index (χ1v) is 12.3. The van der Waals surface area contributed by atoms with E-state index in [4.69, 9.17) is 14.5 Å². The Morgan fingerprint density at radius 2 is 1.97 bits per heavy atom. The smallest absolute Gasteiger partial charge is 0.161 e. The van der Waals surface area contributed by atoms with Crippen molar-refractivity contribution in [1.82, 2.24) is 4.90 Å². The molecule has 0 aliphatic carbocycles. The van der Waals surface area contributed by atoms with Crippen LogP contribution in [0.1, 0.15) is 40.2 Å². The molecule has 0 spiro atoms. The second-order valence-corrected chi connectivity index (χ2v) is 12.0. The van der Waals surface area contributed by atoms with E-state index in [2.05, 4.69) is 23.5 Å². The van der Waals surface area contributed by atoms with Crippen LogP contribution in [0.25, 0.3) is 0 Å². The zero-order valence-electron chi connectivity index (χ0n) is 18.9. The fourth-order valence-corrected chi connectivity index (χ4v) is 5.30. The van der Waals surface area contributed by atoms with Crippen LogP contribution < -0.4 is 0 Å². The minimum atomic E-state index is -1.35. The predicted molar refractivity (Wildman–Crippen MR) is 126 cm³/mol. The standard InChI is InChI=1S/C22H33N3O3S2/c1-14-17-20(29-21(23-17)25(6)7)28-19(15(2)24-30(26)22(3,4)5)18(14)27-13-16-11-9-8-10-12-16/h8-12,14,17-20H,13H2,1-7H3/t14-,17-,18+,19-,20-,30?/m1/s1. The quantitative estimate of drug-likeness (QED) is 0.636. The highest BCUT2D eigenvalue weighted by Crippen LogP contribution is 2.41. The molecule has 0 bridgehead atoms. The van der Waals surface area contributed by atoms with E-state index < -0.39 is 15.7 Å². The highest BCUT2D eigenvalue weighted by atomic mass is 32.2. The summed E-state index contributed by atoms with van der Waals surface area (Å²) in [5.41, 5.74) is 1.73. The molecule has 0 aromatic heterocycles. The Balaban J connectivity index is 1.86. The lowest BCUT2D eigenvalue weighted by molar-refractivity contribution is -0.126. The maximum absolute atomic E-state index is 12.6. The fraction of sp³-hybridized carbons (Fsp3) is 0.636. The van der Waals surface area contributed by atoms with Crippen molar-refractivity contribution in [3.05, 3.63) is 35.9 Å². The van der Waals surface area contributed by atoms with E-state index in [1.54, 1.807) is 11.8 Å². The molecular weight excluding hydrogens is 418 g/mol. The van der Waals surface area contributed by atoms with E-state index in [1.807, 2.05) is 64.9 Å². The number of aliphatic imine (C=N–C) groups is 1. The van der Waals surface area contributed by atoms with E-state index in [1.165, 1.54) is 0 Å². The topological polar surface area (TPSA) is 63.5 Å². The zero-order chi connectivity index (χ0) is 22.1. The first kappa shape index (κ1) is 23.4. The number of rotatable bonds is 5. The van der Waals surface area contributed by atoms with Gasteiger partial charge in [-0.05, 0) is 33.3 Å². The van der Waals surface area contributed by atoms with Gasteiger partial charge >= 0.3 is 0 Å². The summed E-state index contributed by atoms with van der Waals surface area (Å²) in [6.45, 7) is 10.3. The molecule has 166 valence electrons. The average molecular weight is 452 g/mol. The van der Waals surface area contributed by atoms with Gasteiger partial charge < -0.3 is 14.4 Å². The summed E-state index contributed by atoms with van der Waals surface area (Å²) in [4.78, 5) is 6.91. The molecule has 1 aromatic carbocycles. The minimum absolute atomic E-state index is 0.0188. The first-order chi connectivity index (χ1) is 14.1. The summed E-state index contributed by atoms with van der Waals surface area (Å²) in [7, 11) is 2.64. The monoisotopic (exact) mass is 451 g/mol. The van der Waals surface area contributed by atoms with Gasteiger partial charge in [-0.3, -0.25) is 4.99 Å². The molecule has 1 fully saturated rings. The molecule has 0 radical (unpaired) electrons. The Bertz CT molecular complexity index is 821. The van der Waals surface area contributed by atoms with Crippen LogP contribution >= 0.6 is 11.8 Å². The molecule has 2 heterocycles. The lowest BCUT2D eigenvalue weighted by Gasteiger charge is -2.41. The lowest BCUT2D eigenvalue weighted by Crippen LogP contribution is -2.54. The average Bonchev–Trinajstić information content (AvgIpc) is 3.12. The van der Waals surface area contributed by atoms with E-state index in [9.17, 15) is 4.21 Å². The number of amidine groups is 1. The number of nitrogens with zero attached hydrogens (tertiary/aromatic N) is 3. The number of ether oxygens (including phenoxy) is 2. The van der Waals surface area contributed by atoms with E-state index in [-0.39, 0.29) is 29.6 Å². The molecule has 1 aromatic rings. The molecule has 2 aliphatic heterocycles. The summed E-state index contributed by atoms with van der Waals surface area (Å²) < 4.78 is 29.6. The van der Waals surface area contributed by atoms with Crippen molar-refractivity contribution in [2.45, 2.75) is 69.7 Å². The minimum Gasteiger partial charge on any atom is -0.370 e. The SMILES string of the molecule is CC(=NS(=O)C(C)(C)C)[C@H]1O[C@@H]2SC(N(C)C)=N[C@@H]2[C@@H](C)[C@@H]1OCc1ccccc1. The first-order valence-electron chi connectivity index (χ1n) is 10.3. The van der Waals surface area contributed by atoms with Crippen molar-refractivity contribution >= 4 is 33.6 Å². The molecule has 1 saturated heterocycles. The van der Waals surface area contributed by atoms with Crippen molar-refractivity contribution in [2.75, 3.05) is 14.1 Å². The molecule has 0 N–H and O–H groups in total. The molecule has 3 rings (SSSR count). The molecule has 8 heteroatoms. The highest BCUT2D eigenvalue weighted by molar-refractivity contribution is 8.14. The maximum atomic E-state index is 12.6. The Morgan fingerprint density at radius 1 is 1.30 bits per heavy atom. The molecular formula is C22H33N3O3S2. The van der Waals surface area contributed by atoms with Gasteiger partial charge in [0.25, 0.3) is 0 Å². The van der Waals surface area contributed by atoms with Gasteiger partial charge in [-0.15, -0.1) is 0 Å². The van der Waals surface area contributed by atoms with Crippen LogP contribution in [0.4, 0.5) is 0 Å². The summed E-state index contributed by atoms with van der Waals surface area (Å²) in [6.07, 6.45) is -0.585. The number of fused-ring (bicyclic) bond motifs is 1. The van der Waals surface area contributed by atoms with Crippen molar-refractivity contribution in [2.24, 2.45) is 15.3 Å². The van der Waals surface area contributed by atoms with Gasteiger partial charge in [0.1, 0.15) is 22.5 Å². The van der Waals surface area contributed by atoms with Gasteiger partial charge in [-0.1, -0.05) is 49.0 Å². The zero-order valence-corrected chi connectivity index (χ0v) is 20.5. The summed E-state index contributed by atoms with van der Waals surface area (Å²) in [5, 5.41) is 0.965. The van der Waals surface area contributed by atoms with Gasteiger partial charge in [0, 0.05) is 20.0 Å². The van der Waals surface area contributed by atoms with Crippen LogP contribution in [0.3, 0.4) is 0 Å². The van der Waals surface area contributed by atoms with Gasteiger partial charge in [0.2, 0.25) is 0 Å². The third-order valence-electron chi connectivity index (χ3n) is 5.23. The fourth-order valence-electron chi connectivity index (χ4n) is 3.44. The Morgan fingerprint density at radius 3 is 2.57 bits per heavy atom. The third kappa shape index (κ3) is 5.33. The van der Waals surface area contributed by atoms with Crippen molar-refractivity contribution in [3.63, 3.8) is 0 Å². The van der Waals surface area contributed by atoms with Crippen LogP contribution in [-0.4, -0.2) is 62.5 Å². The lowest BCUT2D eigenvalue weighted by atomic mass is 9.88. The van der Waals surface area contributed by atoms with Crippen molar-refractivity contribution < 1.29 is 13.7 Å². The molecule has 30 heavy (non-hydrogen) atoms. The number of benzene rings is 1. The van der Waals surface area contributed by atoms with Crippen LogP contribution in [0, 0.1) is 5.92 Å². The molecule has 6 nitrogen and oxygen atoms in total. The molecule has 0 amide bonds. The Kier molecular flexibility index (Phi) is 7.43. The van der Waals surface area contributed by atoms with E-state index >= 15 is 0 Å². The summed E-state index contributed by atoms with van der Waals surface area (Å²) in [5.74, 6) is 0.135. The molecule has 2 aliphatic rings. The van der Waals surface area contributed by atoms with Gasteiger partial charge in [0.15, 0.2) is 5.17 Å². The Labute approximate surface area is 187 Å². The second kappa shape index (κ2) is 9.51. The van der Waals surface area contributed by atoms with Crippen LogP contribution in [0.15, 0.2) is 39.7 Å². The largest absolute Gasteiger partial charge is 0.370 e. The molecule has 6 atom stereocenters. The van der Waals surface area contributed by atoms with Gasteiger partial charge in [-0.2, -0.15) is 4.40 Å². The predicted octanol–water partition coefficient (Wildman–Crippen LogP) is 3.89. The molecule has 1 unspecified atom stereocenters.